The first kappa shape index (κ1) is 30.1. The fraction of sp³-hybridized carbons (Fsp3) is 0.296. The van der Waals surface area contributed by atoms with Crippen molar-refractivity contribution in [2.24, 2.45) is 5.73 Å². The number of amides is 1. The van der Waals surface area contributed by atoms with Crippen molar-refractivity contribution in [2.45, 2.75) is 26.8 Å². The number of hydrogen-bond acceptors (Lipinski definition) is 9. The lowest BCUT2D eigenvalue weighted by Crippen LogP contribution is -2.44. The highest BCUT2D eigenvalue weighted by molar-refractivity contribution is 8.00. The first-order valence-electron chi connectivity index (χ1n) is 11.8. The Labute approximate surface area is 225 Å². The maximum absolute atomic E-state index is 12.7. The van der Waals surface area contributed by atoms with E-state index in [1.54, 1.807) is 75.4 Å². The predicted octanol–water partition coefficient (Wildman–Crippen LogP) is 2.94. The van der Waals surface area contributed by atoms with E-state index < -0.39 is 29.9 Å². The van der Waals surface area contributed by atoms with Crippen LogP contribution in [0.2, 0.25) is 0 Å². The topological polar surface area (TPSA) is 158 Å². The Morgan fingerprint density at radius 1 is 0.974 bits per heavy atom. The van der Waals surface area contributed by atoms with Gasteiger partial charge >= 0.3 is 17.9 Å². The number of thioether (sulfide) groups is 1. The van der Waals surface area contributed by atoms with E-state index in [1.165, 1.54) is 0 Å². The molecule has 4 N–H and O–H groups in total. The van der Waals surface area contributed by atoms with Crippen molar-refractivity contribution in [3.63, 3.8) is 0 Å². The largest absolute Gasteiger partial charge is 0.465 e. The maximum Gasteiger partial charge on any atom is 0.343 e. The quantitative estimate of drug-likeness (QED) is 0.114. The number of rotatable bonds is 13. The van der Waals surface area contributed by atoms with Gasteiger partial charge in [0.1, 0.15) is 17.6 Å². The Bertz CT molecular complexity index is 1180. The molecule has 0 aromatic heterocycles. The van der Waals surface area contributed by atoms with Crippen LogP contribution in [-0.2, 0) is 23.9 Å². The van der Waals surface area contributed by atoms with Crippen molar-refractivity contribution in [3.05, 3.63) is 70.8 Å². The van der Waals surface area contributed by atoms with Crippen molar-refractivity contribution in [2.75, 3.05) is 24.7 Å². The van der Waals surface area contributed by atoms with E-state index >= 15 is 0 Å². The summed E-state index contributed by atoms with van der Waals surface area (Å²) in [6.07, 6.45) is 1.61. The summed E-state index contributed by atoms with van der Waals surface area (Å²) < 4.78 is 15.2. The molecule has 38 heavy (non-hydrogen) atoms. The van der Waals surface area contributed by atoms with Gasteiger partial charge in [-0.05, 0) is 68.8 Å². The minimum atomic E-state index is -0.938. The van der Waals surface area contributed by atoms with Crippen LogP contribution in [0.5, 0.6) is 5.75 Å². The molecule has 0 spiro atoms. The third-order valence-corrected chi connectivity index (χ3v) is 5.96. The molecular formula is C27H31N3O7S. The van der Waals surface area contributed by atoms with Crippen molar-refractivity contribution in [1.82, 2.24) is 5.32 Å². The van der Waals surface area contributed by atoms with Gasteiger partial charge in [0.2, 0.25) is 5.91 Å². The number of amidine groups is 1. The highest BCUT2D eigenvalue weighted by Gasteiger charge is 2.23. The van der Waals surface area contributed by atoms with Gasteiger partial charge in [-0.3, -0.25) is 15.0 Å². The number of carbonyl (C=O) groups excluding carboxylic acids is 4. The molecule has 0 aliphatic carbocycles. The fourth-order valence-electron chi connectivity index (χ4n) is 3.05. The van der Waals surface area contributed by atoms with Gasteiger partial charge in [-0.2, -0.15) is 0 Å². The summed E-state index contributed by atoms with van der Waals surface area (Å²) in [5.74, 6) is -1.62. The molecule has 0 saturated carbocycles. The maximum atomic E-state index is 12.7. The molecule has 1 atom stereocenters. The third kappa shape index (κ3) is 9.74. The molecule has 0 aliphatic rings. The summed E-state index contributed by atoms with van der Waals surface area (Å²) in [6, 6.07) is 11.8. The third-order valence-electron chi connectivity index (χ3n) is 4.95. The normalized spacial score (nSPS) is 11.7. The van der Waals surface area contributed by atoms with Crippen LogP contribution < -0.4 is 15.8 Å². The molecule has 11 heteroatoms. The first-order valence-corrected chi connectivity index (χ1v) is 13.0. The molecule has 0 fully saturated rings. The summed E-state index contributed by atoms with van der Waals surface area (Å²) in [7, 11) is 0. The lowest BCUT2D eigenvalue weighted by atomic mass is 10.1. The zero-order valence-electron chi connectivity index (χ0n) is 21.4. The van der Waals surface area contributed by atoms with Crippen molar-refractivity contribution >= 4 is 47.5 Å². The van der Waals surface area contributed by atoms with Gasteiger partial charge in [0.15, 0.2) is 0 Å². The van der Waals surface area contributed by atoms with Crippen LogP contribution in [0.4, 0.5) is 0 Å². The van der Waals surface area contributed by atoms with Gasteiger partial charge in [-0.15, -0.1) is 11.8 Å². The Hall–Kier alpha value is -4.12. The summed E-state index contributed by atoms with van der Waals surface area (Å²) in [6.45, 7) is 5.38. The van der Waals surface area contributed by atoms with Gasteiger partial charge in [-0.1, -0.05) is 12.1 Å². The van der Waals surface area contributed by atoms with Crippen molar-refractivity contribution < 1.29 is 33.4 Å². The number of benzene rings is 2. The molecule has 1 amide bonds. The molecule has 202 valence electrons. The molecule has 0 saturated heterocycles. The molecule has 0 heterocycles. The SMILES string of the molecule is CCOC(=O)CSC[C@H](NC(=O)C(C)=Cc1ccc(C(=O)Oc2ccc(C(=N)N)cc2)cc1)C(=O)OCC. The molecule has 2 aromatic carbocycles. The smallest absolute Gasteiger partial charge is 0.343 e. The van der Waals surface area contributed by atoms with Gasteiger partial charge in [0, 0.05) is 16.9 Å². The van der Waals surface area contributed by atoms with Gasteiger partial charge in [0.25, 0.3) is 0 Å². The predicted molar refractivity (Wildman–Crippen MR) is 145 cm³/mol. The average molecular weight is 542 g/mol. The first-order chi connectivity index (χ1) is 18.1. The molecule has 0 radical (unpaired) electrons. The zero-order valence-corrected chi connectivity index (χ0v) is 22.3. The van der Waals surface area contributed by atoms with Crippen LogP contribution in [0.1, 0.15) is 42.3 Å². The van der Waals surface area contributed by atoms with E-state index in [9.17, 15) is 19.2 Å². The Kier molecular flexibility index (Phi) is 12.0. The van der Waals surface area contributed by atoms with Crippen LogP contribution in [0.25, 0.3) is 6.08 Å². The lowest BCUT2D eigenvalue weighted by Gasteiger charge is -2.17. The number of hydrogen-bond donors (Lipinski definition) is 3. The molecule has 2 aromatic rings. The highest BCUT2D eigenvalue weighted by atomic mass is 32.2. The number of esters is 3. The Morgan fingerprint density at radius 3 is 2.16 bits per heavy atom. The number of nitrogens with two attached hydrogens (primary N) is 1. The Balaban J connectivity index is 2.00. The zero-order chi connectivity index (χ0) is 28.1. The summed E-state index contributed by atoms with van der Waals surface area (Å²) in [4.78, 5) is 49.0. The summed E-state index contributed by atoms with van der Waals surface area (Å²) in [5, 5.41) is 10.0. The summed E-state index contributed by atoms with van der Waals surface area (Å²) in [5.41, 5.74) is 7.23. The van der Waals surface area contributed by atoms with Crippen LogP contribution in [0, 0.1) is 5.41 Å². The molecular weight excluding hydrogens is 510 g/mol. The van der Waals surface area contributed by atoms with Crippen molar-refractivity contribution in [3.8, 4) is 5.75 Å². The molecule has 0 aliphatic heterocycles. The number of carbonyl (C=O) groups is 4. The molecule has 0 bridgehead atoms. The van der Waals surface area contributed by atoms with E-state index in [0.717, 1.165) is 11.8 Å². The summed E-state index contributed by atoms with van der Waals surface area (Å²) >= 11 is 1.16. The van der Waals surface area contributed by atoms with E-state index in [-0.39, 0.29) is 30.6 Å². The average Bonchev–Trinajstić information content (AvgIpc) is 2.89. The fourth-order valence-corrected chi connectivity index (χ4v) is 3.87. The molecule has 0 unspecified atom stereocenters. The minimum absolute atomic E-state index is 0.0486. The Morgan fingerprint density at radius 2 is 1.58 bits per heavy atom. The highest BCUT2D eigenvalue weighted by Crippen LogP contribution is 2.16. The lowest BCUT2D eigenvalue weighted by molar-refractivity contribution is -0.146. The van der Waals surface area contributed by atoms with Crippen LogP contribution in [-0.4, -0.2) is 60.4 Å². The van der Waals surface area contributed by atoms with Crippen molar-refractivity contribution in [1.29, 1.82) is 5.41 Å². The van der Waals surface area contributed by atoms with Gasteiger partial charge in [0.05, 0.1) is 24.5 Å². The second-order valence-corrected chi connectivity index (χ2v) is 8.91. The standard InChI is InChI=1S/C27H31N3O7S/c1-4-35-23(31)16-38-15-22(27(34)36-5-2)30-25(32)17(3)14-18-6-8-20(9-7-18)26(33)37-21-12-10-19(11-13-21)24(28)29/h6-14,22H,4-5,15-16H2,1-3H3,(H3,28,29)(H,30,32)/t22-/m0/s1. The number of nitrogen functional groups attached to an aromatic ring is 1. The molecule has 10 nitrogen and oxygen atoms in total. The minimum Gasteiger partial charge on any atom is -0.465 e. The second-order valence-electron chi connectivity index (χ2n) is 7.88. The van der Waals surface area contributed by atoms with Gasteiger partial charge in [-0.25, -0.2) is 9.59 Å². The van der Waals surface area contributed by atoms with E-state index in [1.807, 2.05) is 0 Å². The number of nitrogens with one attached hydrogen (secondary N) is 2. The van der Waals surface area contributed by atoms with E-state index in [0.29, 0.717) is 28.0 Å². The van der Waals surface area contributed by atoms with Gasteiger partial charge < -0.3 is 25.3 Å². The number of ether oxygens (including phenoxy) is 3. The van der Waals surface area contributed by atoms with Crippen LogP contribution in [0.3, 0.4) is 0 Å². The van der Waals surface area contributed by atoms with E-state index in [4.69, 9.17) is 25.4 Å². The monoisotopic (exact) mass is 541 g/mol. The molecule has 2 rings (SSSR count). The van der Waals surface area contributed by atoms with Crippen LogP contribution >= 0.6 is 11.8 Å². The van der Waals surface area contributed by atoms with Crippen LogP contribution in [0.15, 0.2) is 54.1 Å². The van der Waals surface area contributed by atoms with E-state index in [2.05, 4.69) is 5.32 Å². The second kappa shape index (κ2) is 15.2.